The van der Waals surface area contributed by atoms with Crippen molar-refractivity contribution >= 4 is 21.5 Å². The zero-order chi connectivity index (χ0) is 14.2. The lowest BCUT2D eigenvalue weighted by Gasteiger charge is -2.09. The quantitative estimate of drug-likeness (QED) is 0.796. The molecule has 0 aliphatic rings. The monoisotopic (exact) mass is 280 g/mol. The van der Waals surface area contributed by atoms with E-state index < -0.39 is 10.0 Å². The molecule has 2 rings (SSSR count). The van der Waals surface area contributed by atoms with Crippen molar-refractivity contribution in [3.05, 3.63) is 35.0 Å². The standard InChI is InChI=1S/C12H16N4O2S/c1-7-4-5-8(2)10(6-7)19(17,18)16-12-11(13)9(3)14-15-12/h4-6H,13H2,1-3H3,(H2,14,15,16). The molecule has 0 saturated carbocycles. The van der Waals surface area contributed by atoms with Crippen LogP contribution in [0, 0.1) is 20.8 Å². The smallest absolute Gasteiger partial charge is 0.263 e. The molecule has 0 bridgehead atoms. The Kier molecular flexibility index (Phi) is 3.23. The predicted octanol–water partition coefficient (Wildman–Crippen LogP) is 1.72. The third-order valence-electron chi connectivity index (χ3n) is 2.86. The normalized spacial score (nSPS) is 11.5. The summed E-state index contributed by atoms with van der Waals surface area (Å²) in [4.78, 5) is 0.229. The van der Waals surface area contributed by atoms with Gasteiger partial charge in [0.25, 0.3) is 10.0 Å². The summed E-state index contributed by atoms with van der Waals surface area (Å²) in [6.45, 7) is 5.30. The van der Waals surface area contributed by atoms with Crippen LogP contribution in [0.3, 0.4) is 0 Å². The first-order valence-corrected chi connectivity index (χ1v) is 7.20. The number of nitrogens with two attached hydrogens (primary N) is 1. The highest BCUT2D eigenvalue weighted by atomic mass is 32.2. The number of aromatic nitrogens is 2. The van der Waals surface area contributed by atoms with Crippen molar-refractivity contribution in [2.75, 3.05) is 10.5 Å². The van der Waals surface area contributed by atoms with Crippen LogP contribution in [0.4, 0.5) is 11.5 Å². The predicted molar refractivity (Wildman–Crippen MR) is 74.5 cm³/mol. The van der Waals surface area contributed by atoms with Crippen molar-refractivity contribution in [2.24, 2.45) is 0 Å². The van der Waals surface area contributed by atoms with Crippen LogP contribution in [-0.2, 0) is 10.0 Å². The van der Waals surface area contributed by atoms with Crippen LogP contribution in [0.25, 0.3) is 0 Å². The van der Waals surface area contributed by atoms with E-state index >= 15 is 0 Å². The fraction of sp³-hybridized carbons (Fsp3) is 0.250. The largest absolute Gasteiger partial charge is 0.394 e. The molecular formula is C12H16N4O2S. The van der Waals surface area contributed by atoms with Crippen LogP contribution >= 0.6 is 0 Å². The molecule has 0 atom stereocenters. The minimum absolute atomic E-state index is 0.124. The summed E-state index contributed by atoms with van der Waals surface area (Å²) in [5, 5.41) is 6.47. The molecule has 0 aliphatic carbocycles. The Bertz CT molecular complexity index is 719. The second-order valence-corrected chi connectivity index (χ2v) is 6.14. The van der Waals surface area contributed by atoms with Crippen molar-refractivity contribution in [3.8, 4) is 0 Å². The Hall–Kier alpha value is -2.02. The molecule has 1 aromatic heterocycles. The first-order chi connectivity index (χ1) is 8.81. The van der Waals surface area contributed by atoms with Crippen LogP contribution in [0.15, 0.2) is 23.1 Å². The molecule has 0 spiro atoms. The van der Waals surface area contributed by atoms with Gasteiger partial charge in [0, 0.05) is 0 Å². The summed E-state index contributed by atoms with van der Waals surface area (Å²) < 4.78 is 27.0. The van der Waals surface area contributed by atoms with Gasteiger partial charge in [-0.3, -0.25) is 9.82 Å². The number of hydrogen-bond acceptors (Lipinski definition) is 4. The molecule has 6 nitrogen and oxygen atoms in total. The number of hydrogen-bond donors (Lipinski definition) is 3. The zero-order valence-electron chi connectivity index (χ0n) is 11.0. The van der Waals surface area contributed by atoms with Gasteiger partial charge in [-0.15, -0.1) is 0 Å². The van der Waals surface area contributed by atoms with Crippen molar-refractivity contribution in [3.63, 3.8) is 0 Å². The van der Waals surface area contributed by atoms with Gasteiger partial charge in [0.15, 0.2) is 5.82 Å². The Morgan fingerprint density at radius 3 is 2.53 bits per heavy atom. The summed E-state index contributed by atoms with van der Waals surface area (Å²) in [5.41, 5.74) is 8.20. The molecular weight excluding hydrogens is 264 g/mol. The van der Waals surface area contributed by atoms with E-state index in [0.717, 1.165) is 5.56 Å². The van der Waals surface area contributed by atoms with E-state index in [1.54, 1.807) is 26.0 Å². The number of aromatic amines is 1. The number of H-pyrrole nitrogens is 1. The molecule has 2 aromatic rings. The summed E-state index contributed by atoms with van der Waals surface area (Å²) in [6, 6.07) is 5.25. The van der Waals surface area contributed by atoms with Crippen molar-refractivity contribution in [2.45, 2.75) is 25.7 Å². The van der Waals surface area contributed by atoms with Gasteiger partial charge in [-0.1, -0.05) is 12.1 Å². The molecule has 1 aromatic carbocycles. The molecule has 1 heterocycles. The van der Waals surface area contributed by atoms with Gasteiger partial charge >= 0.3 is 0 Å². The topological polar surface area (TPSA) is 101 Å². The third-order valence-corrected chi connectivity index (χ3v) is 4.34. The number of benzene rings is 1. The average molecular weight is 280 g/mol. The van der Waals surface area contributed by atoms with E-state index in [1.807, 2.05) is 13.0 Å². The van der Waals surface area contributed by atoms with Crippen LogP contribution in [0.1, 0.15) is 16.8 Å². The molecule has 0 amide bonds. The molecule has 102 valence electrons. The molecule has 0 saturated heterocycles. The maximum Gasteiger partial charge on any atom is 0.263 e. The van der Waals surface area contributed by atoms with Gasteiger partial charge < -0.3 is 5.73 Å². The fourth-order valence-electron chi connectivity index (χ4n) is 1.69. The third kappa shape index (κ3) is 2.55. The number of nitrogens with one attached hydrogen (secondary N) is 2. The number of nitrogens with zero attached hydrogens (tertiary/aromatic N) is 1. The molecule has 7 heteroatoms. The van der Waals surface area contributed by atoms with Gasteiger partial charge in [-0.05, 0) is 38.0 Å². The average Bonchev–Trinajstić information content (AvgIpc) is 2.63. The van der Waals surface area contributed by atoms with Crippen molar-refractivity contribution < 1.29 is 8.42 Å². The van der Waals surface area contributed by atoms with E-state index in [4.69, 9.17) is 5.73 Å². The molecule has 0 fully saturated rings. The number of nitrogen functional groups attached to an aromatic ring is 1. The molecule has 0 unspecified atom stereocenters. The van der Waals surface area contributed by atoms with Gasteiger partial charge in [0.05, 0.1) is 16.3 Å². The molecule has 19 heavy (non-hydrogen) atoms. The number of rotatable bonds is 3. The van der Waals surface area contributed by atoms with Crippen LogP contribution in [0.5, 0.6) is 0 Å². The first-order valence-electron chi connectivity index (χ1n) is 5.72. The minimum atomic E-state index is -3.69. The summed E-state index contributed by atoms with van der Waals surface area (Å²) >= 11 is 0. The first kappa shape index (κ1) is 13.4. The lowest BCUT2D eigenvalue weighted by atomic mass is 10.2. The lowest BCUT2D eigenvalue weighted by molar-refractivity contribution is 0.600. The zero-order valence-corrected chi connectivity index (χ0v) is 11.8. The Labute approximate surface area is 112 Å². The van der Waals surface area contributed by atoms with Gasteiger partial charge in [-0.25, -0.2) is 8.42 Å². The number of aryl methyl sites for hydroxylation is 3. The van der Waals surface area contributed by atoms with E-state index in [1.165, 1.54) is 0 Å². The van der Waals surface area contributed by atoms with E-state index in [9.17, 15) is 8.42 Å². The molecule has 0 radical (unpaired) electrons. The van der Waals surface area contributed by atoms with E-state index in [0.29, 0.717) is 16.9 Å². The van der Waals surface area contributed by atoms with Crippen molar-refractivity contribution in [1.82, 2.24) is 10.2 Å². The molecule has 0 aliphatic heterocycles. The van der Waals surface area contributed by atoms with E-state index in [2.05, 4.69) is 14.9 Å². The highest BCUT2D eigenvalue weighted by molar-refractivity contribution is 7.92. The van der Waals surface area contributed by atoms with Crippen molar-refractivity contribution in [1.29, 1.82) is 0 Å². The number of anilines is 2. The maximum absolute atomic E-state index is 12.3. The SMILES string of the molecule is Cc1ccc(C)c(S(=O)(=O)Nc2n[nH]c(C)c2N)c1. The summed E-state index contributed by atoms with van der Waals surface area (Å²) in [5.74, 6) is 0.124. The van der Waals surface area contributed by atoms with Gasteiger partial charge in [-0.2, -0.15) is 5.10 Å². The highest BCUT2D eigenvalue weighted by Gasteiger charge is 2.20. The van der Waals surface area contributed by atoms with Gasteiger partial charge in [0.1, 0.15) is 0 Å². The van der Waals surface area contributed by atoms with Gasteiger partial charge in [0.2, 0.25) is 0 Å². The van der Waals surface area contributed by atoms with Crippen LogP contribution in [0.2, 0.25) is 0 Å². The van der Waals surface area contributed by atoms with E-state index in [-0.39, 0.29) is 10.7 Å². The maximum atomic E-state index is 12.3. The van der Waals surface area contributed by atoms with Crippen LogP contribution < -0.4 is 10.5 Å². The Morgan fingerprint density at radius 2 is 1.95 bits per heavy atom. The number of sulfonamides is 1. The second-order valence-electron chi connectivity index (χ2n) is 4.49. The Balaban J connectivity index is 2.43. The highest BCUT2D eigenvalue weighted by Crippen LogP contribution is 2.24. The fourth-order valence-corrected chi connectivity index (χ4v) is 3.05. The Morgan fingerprint density at radius 1 is 1.26 bits per heavy atom. The van der Waals surface area contributed by atoms with Crippen LogP contribution in [-0.4, -0.2) is 18.6 Å². The lowest BCUT2D eigenvalue weighted by Crippen LogP contribution is -2.15. The summed E-state index contributed by atoms with van der Waals surface area (Å²) in [6.07, 6.45) is 0. The molecule has 4 N–H and O–H groups in total. The summed E-state index contributed by atoms with van der Waals surface area (Å²) in [7, 11) is -3.69. The minimum Gasteiger partial charge on any atom is -0.394 e. The second kappa shape index (κ2) is 4.58.